The van der Waals surface area contributed by atoms with Crippen molar-refractivity contribution in [2.24, 2.45) is 0 Å². The van der Waals surface area contributed by atoms with E-state index in [0.717, 1.165) is 19.6 Å². The number of carbonyl (C=O) groups excluding carboxylic acids is 1. The average molecular weight is 257 g/mol. The van der Waals surface area contributed by atoms with E-state index in [0.29, 0.717) is 11.3 Å². The summed E-state index contributed by atoms with van der Waals surface area (Å²) in [6.07, 6.45) is 6.30. The first kappa shape index (κ1) is 13.0. The van der Waals surface area contributed by atoms with E-state index >= 15 is 0 Å². The monoisotopic (exact) mass is 257 g/mol. The number of rotatable bonds is 4. The van der Waals surface area contributed by atoms with Crippen LogP contribution in [0.5, 0.6) is 0 Å². The highest BCUT2D eigenvalue weighted by Crippen LogP contribution is 2.24. The van der Waals surface area contributed by atoms with Crippen LogP contribution in [0.1, 0.15) is 32.1 Å². The van der Waals surface area contributed by atoms with Crippen molar-refractivity contribution in [3.63, 3.8) is 0 Å². The zero-order valence-electron chi connectivity index (χ0n) is 10.3. The first-order chi connectivity index (χ1) is 8.34. The molecule has 2 aliphatic heterocycles. The van der Waals surface area contributed by atoms with Crippen molar-refractivity contribution in [1.29, 1.82) is 0 Å². The second-order valence-corrected chi connectivity index (χ2v) is 6.28. The summed E-state index contributed by atoms with van der Waals surface area (Å²) in [6.45, 7) is 2.66. The van der Waals surface area contributed by atoms with E-state index in [9.17, 15) is 4.79 Å². The topological polar surface area (TPSA) is 53.2 Å². The molecule has 2 fully saturated rings. The third-order valence-electron chi connectivity index (χ3n) is 3.44. The molecule has 98 valence electrons. The van der Waals surface area contributed by atoms with Crippen LogP contribution in [-0.2, 0) is 0 Å². The van der Waals surface area contributed by atoms with Crippen LogP contribution in [-0.4, -0.2) is 42.7 Å². The lowest BCUT2D eigenvalue weighted by Crippen LogP contribution is -2.44. The van der Waals surface area contributed by atoms with E-state index in [1.165, 1.54) is 37.9 Å². The molecule has 2 amide bonds. The third-order valence-corrected chi connectivity index (χ3v) is 4.83. The second-order valence-electron chi connectivity index (χ2n) is 4.87. The predicted octanol–water partition coefficient (Wildman–Crippen LogP) is 1.32. The number of hydrogen-bond acceptors (Lipinski definition) is 3. The number of carbonyl (C=O) groups is 1. The summed E-state index contributed by atoms with van der Waals surface area (Å²) in [7, 11) is 0. The number of nitrogens with one attached hydrogen (secondary N) is 3. The Balaban J connectivity index is 1.53. The minimum Gasteiger partial charge on any atom is -0.337 e. The standard InChI is InChI=1S/C12H23N3OS/c16-12(14-8-10-4-3-6-13-10)15-9-11-5-1-2-7-17-11/h10-11,13H,1-9H2,(H2,14,15,16). The maximum absolute atomic E-state index is 11.6. The lowest BCUT2D eigenvalue weighted by molar-refractivity contribution is 0.239. The second kappa shape index (κ2) is 7.11. The number of thioether (sulfide) groups is 1. The molecule has 2 unspecified atom stereocenters. The van der Waals surface area contributed by atoms with Crippen LogP contribution in [0.25, 0.3) is 0 Å². The van der Waals surface area contributed by atoms with Crippen molar-refractivity contribution in [3.05, 3.63) is 0 Å². The Morgan fingerprint density at radius 2 is 2.06 bits per heavy atom. The predicted molar refractivity (Wildman–Crippen MR) is 72.5 cm³/mol. The molecular formula is C12H23N3OS. The first-order valence-corrected chi connectivity index (χ1v) is 7.76. The average Bonchev–Trinajstić information content (AvgIpc) is 2.88. The Hall–Kier alpha value is -0.420. The molecule has 0 bridgehead atoms. The summed E-state index contributed by atoms with van der Waals surface area (Å²) in [6, 6.07) is 0.467. The Morgan fingerprint density at radius 3 is 2.76 bits per heavy atom. The number of hydrogen-bond donors (Lipinski definition) is 3. The van der Waals surface area contributed by atoms with Gasteiger partial charge in [0.05, 0.1) is 0 Å². The summed E-state index contributed by atoms with van der Waals surface area (Å²) < 4.78 is 0. The van der Waals surface area contributed by atoms with Crippen molar-refractivity contribution in [2.45, 2.75) is 43.4 Å². The molecule has 0 saturated carbocycles. The molecule has 2 rings (SSSR count). The molecule has 2 heterocycles. The van der Waals surface area contributed by atoms with Gasteiger partial charge in [0, 0.05) is 24.4 Å². The van der Waals surface area contributed by atoms with E-state index < -0.39 is 0 Å². The molecule has 5 heteroatoms. The summed E-state index contributed by atoms with van der Waals surface area (Å²) in [5.41, 5.74) is 0. The minimum atomic E-state index is -0.00938. The van der Waals surface area contributed by atoms with Gasteiger partial charge < -0.3 is 16.0 Å². The lowest BCUT2D eigenvalue weighted by Gasteiger charge is -2.21. The fraction of sp³-hybridized carbons (Fsp3) is 0.917. The SMILES string of the molecule is O=C(NCC1CCCN1)NCC1CCCCS1. The smallest absolute Gasteiger partial charge is 0.314 e. The van der Waals surface area contributed by atoms with Crippen LogP contribution in [0.2, 0.25) is 0 Å². The number of amides is 2. The highest BCUT2D eigenvalue weighted by atomic mass is 32.2. The van der Waals surface area contributed by atoms with E-state index in [1.807, 2.05) is 11.8 Å². The molecule has 4 nitrogen and oxygen atoms in total. The van der Waals surface area contributed by atoms with Gasteiger partial charge in [-0.1, -0.05) is 6.42 Å². The third kappa shape index (κ3) is 4.76. The molecule has 17 heavy (non-hydrogen) atoms. The van der Waals surface area contributed by atoms with Gasteiger partial charge in [-0.2, -0.15) is 11.8 Å². The van der Waals surface area contributed by atoms with E-state index in [-0.39, 0.29) is 6.03 Å². The first-order valence-electron chi connectivity index (χ1n) is 6.71. The summed E-state index contributed by atoms with van der Waals surface area (Å²) in [5.74, 6) is 1.25. The fourth-order valence-electron chi connectivity index (χ4n) is 2.38. The van der Waals surface area contributed by atoms with Crippen LogP contribution < -0.4 is 16.0 Å². The summed E-state index contributed by atoms with van der Waals surface area (Å²) in [4.78, 5) is 11.6. The zero-order chi connectivity index (χ0) is 11.9. The Morgan fingerprint density at radius 1 is 1.18 bits per heavy atom. The van der Waals surface area contributed by atoms with Gasteiger partial charge in [-0.15, -0.1) is 0 Å². The van der Waals surface area contributed by atoms with Gasteiger partial charge in [-0.3, -0.25) is 0 Å². The Bertz CT molecular complexity index is 238. The van der Waals surface area contributed by atoms with Crippen LogP contribution in [0.3, 0.4) is 0 Å². The minimum absolute atomic E-state index is 0.00938. The Kier molecular flexibility index (Phi) is 5.45. The highest BCUT2D eigenvalue weighted by Gasteiger charge is 2.16. The van der Waals surface area contributed by atoms with E-state index in [4.69, 9.17) is 0 Å². The largest absolute Gasteiger partial charge is 0.337 e. The maximum atomic E-state index is 11.6. The Labute approximate surface area is 108 Å². The molecule has 0 aromatic carbocycles. The molecule has 3 N–H and O–H groups in total. The van der Waals surface area contributed by atoms with Gasteiger partial charge >= 0.3 is 6.03 Å². The van der Waals surface area contributed by atoms with Crippen molar-refractivity contribution >= 4 is 17.8 Å². The normalized spacial score (nSPS) is 28.9. The lowest BCUT2D eigenvalue weighted by atomic mass is 10.2. The molecule has 0 spiro atoms. The van der Waals surface area contributed by atoms with Gasteiger partial charge in [0.1, 0.15) is 0 Å². The fourth-order valence-corrected chi connectivity index (χ4v) is 3.62. The molecule has 0 radical (unpaired) electrons. The van der Waals surface area contributed by atoms with Gasteiger partial charge in [-0.25, -0.2) is 4.79 Å². The summed E-state index contributed by atoms with van der Waals surface area (Å²) >= 11 is 1.99. The molecule has 2 saturated heterocycles. The number of urea groups is 1. The van der Waals surface area contributed by atoms with Crippen LogP contribution >= 0.6 is 11.8 Å². The van der Waals surface area contributed by atoms with Crippen LogP contribution in [0, 0.1) is 0 Å². The van der Waals surface area contributed by atoms with Gasteiger partial charge in [0.2, 0.25) is 0 Å². The van der Waals surface area contributed by atoms with Gasteiger partial charge in [0.25, 0.3) is 0 Å². The molecule has 2 aliphatic rings. The zero-order valence-corrected chi connectivity index (χ0v) is 11.2. The van der Waals surface area contributed by atoms with Crippen molar-refractivity contribution < 1.29 is 4.79 Å². The van der Waals surface area contributed by atoms with Crippen molar-refractivity contribution in [2.75, 3.05) is 25.4 Å². The molecule has 0 aromatic rings. The highest BCUT2D eigenvalue weighted by molar-refractivity contribution is 7.99. The molecule has 0 aromatic heterocycles. The van der Waals surface area contributed by atoms with Gasteiger partial charge in [-0.05, 0) is 38.0 Å². The summed E-state index contributed by atoms with van der Waals surface area (Å²) in [5, 5.41) is 9.92. The quantitative estimate of drug-likeness (QED) is 0.712. The van der Waals surface area contributed by atoms with Crippen molar-refractivity contribution in [1.82, 2.24) is 16.0 Å². The molecule has 0 aliphatic carbocycles. The maximum Gasteiger partial charge on any atom is 0.314 e. The van der Waals surface area contributed by atoms with Crippen LogP contribution in [0.4, 0.5) is 4.79 Å². The van der Waals surface area contributed by atoms with Crippen molar-refractivity contribution in [3.8, 4) is 0 Å². The van der Waals surface area contributed by atoms with Crippen LogP contribution in [0.15, 0.2) is 0 Å². The molecular weight excluding hydrogens is 234 g/mol. The molecule has 2 atom stereocenters. The van der Waals surface area contributed by atoms with E-state index in [1.54, 1.807) is 0 Å². The van der Waals surface area contributed by atoms with Gasteiger partial charge in [0.15, 0.2) is 0 Å². The van der Waals surface area contributed by atoms with E-state index in [2.05, 4.69) is 16.0 Å².